The summed E-state index contributed by atoms with van der Waals surface area (Å²) in [6, 6.07) is 7.01. The van der Waals surface area contributed by atoms with E-state index in [2.05, 4.69) is 0 Å². The summed E-state index contributed by atoms with van der Waals surface area (Å²) in [7, 11) is 0. The van der Waals surface area contributed by atoms with E-state index in [0.717, 1.165) is 16.1 Å². The molecule has 5 heteroatoms. The zero-order valence-electron chi connectivity index (χ0n) is 9.89. The van der Waals surface area contributed by atoms with Crippen molar-refractivity contribution in [2.45, 2.75) is 26.4 Å². The molecule has 0 aliphatic rings. The van der Waals surface area contributed by atoms with Gasteiger partial charge in [0.15, 0.2) is 0 Å². The molecule has 90 valence electrons. The zero-order valence-corrected chi connectivity index (χ0v) is 10.7. The van der Waals surface area contributed by atoms with Crippen LogP contribution in [-0.4, -0.2) is 10.3 Å². The quantitative estimate of drug-likeness (QED) is 0.774. The van der Waals surface area contributed by atoms with E-state index in [1.807, 2.05) is 0 Å². The lowest BCUT2D eigenvalue weighted by Gasteiger charge is -2.20. The van der Waals surface area contributed by atoms with Gasteiger partial charge < -0.3 is 4.84 Å². The SMILES string of the molecule is CC(C)(C)On1c(=O)sc2ccccc2c1=O. The Labute approximate surface area is 102 Å². The Morgan fingerprint density at radius 3 is 2.47 bits per heavy atom. The van der Waals surface area contributed by atoms with E-state index >= 15 is 0 Å². The van der Waals surface area contributed by atoms with Gasteiger partial charge in [0.1, 0.15) is 5.60 Å². The first kappa shape index (κ1) is 11.9. The molecule has 0 aliphatic carbocycles. The minimum absolute atomic E-state index is 0.399. The minimum atomic E-state index is -0.585. The highest BCUT2D eigenvalue weighted by Crippen LogP contribution is 2.11. The third kappa shape index (κ3) is 2.39. The van der Waals surface area contributed by atoms with Crippen molar-refractivity contribution in [2.75, 3.05) is 0 Å². The van der Waals surface area contributed by atoms with E-state index in [-0.39, 0.29) is 0 Å². The van der Waals surface area contributed by atoms with E-state index < -0.39 is 16.0 Å². The first-order valence-electron chi connectivity index (χ1n) is 5.23. The Hall–Kier alpha value is -1.62. The molecule has 0 unspecified atom stereocenters. The van der Waals surface area contributed by atoms with Crippen LogP contribution in [0.5, 0.6) is 0 Å². The van der Waals surface area contributed by atoms with Crippen molar-refractivity contribution >= 4 is 21.4 Å². The predicted molar refractivity (Wildman–Crippen MR) is 68.7 cm³/mol. The Morgan fingerprint density at radius 1 is 1.18 bits per heavy atom. The van der Waals surface area contributed by atoms with Crippen LogP contribution >= 0.6 is 11.3 Å². The third-order valence-electron chi connectivity index (χ3n) is 2.03. The highest BCUT2D eigenvalue weighted by atomic mass is 32.1. The van der Waals surface area contributed by atoms with Crippen LogP contribution in [0.1, 0.15) is 20.8 Å². The van der Waals surface area contributed by atoms with Crippen molar-refractivity contribution < 1.29 is 4.84 Å². The molecule has 0 saturated heterocycles. The van der Waals surface area contributed by atoms with Crippen molar-refractivity contribution in [3.63, 3.8) is 0 Å². The van der Waals surface area contributed by atoms with Gasteiger partial charge in [-0.15, -0.1) is 0 Å². The Kier molecular flexibility index (Phi) is 2.79. The van der Waals surface area contributed by atoms with Gasteiger partial charge in [-0.1, -0.05) is 28.2 Å². The molecular formula is C12H13NO3S. The van der Waals surface area contributed by atoms with Crippen LogP contribution in [0.25, 0.3) is 10.1 Å². The van der Waals surface area contributed by atoms with Gasteiger partial charge in [0.05, 0.1) is 5.39 Å². The molecule has 4 nitrogen and oxygen atoms in total. The lowest BCUT2D eigenvalue weighted by molar-refractivity contribution is -0.0228. The lowest BCUT2D eigenvalue weighted by Crippen LogP contribution is -2.44. The molecule has 0 saturated carbocycles. The van der Waals surface area contributed by atoms with Gasteiger partial charge in [-0.3, -0.25) is 9.59 Å². The molecule has 0 radical (unpaired) electrons. The number of rotatable bonds is 1. The number of nitrogens with zero attached hydrogens (tertiary/aromatic N) is 1. The number of fused-ring (bicyclic) bond motifs is 1. The van der Waals surface area contributed by atoms with E-state index in [9.17, 15) is 9.59 Å². The summed E-state index contributed by atoms with van der Waals surface area (Å²) in [4.78, 5) is 28.8. The second kappa shape index (κ2) is 4.00. The average Bonchev–Trinajstić information content (AvgIpc) is 2.23. The molecule has 1 aromatic carbocycles. The maximum atomic E-state index is 12.1. The average molecular weight is 251 g/mol. The topological polar surface area (TPSA) is 48.3 Å². The van der Waals surface area contributed by atoms with Gasteiger partial charge in [-0.25, -0.2) is 0 Å². The van der Waals surface area contributed by atoms with Gasteiger partial charge >= 0.3 is 4.87 Å². The van der Waals surface area contributed by atoms with Crippen molar-refractivity contribution in [3.05, 3.63) is 44.3 Å². The van der Waals surface area contributed by atoms with E-state index in [4.69, 9.17) is 4.84 Å². The number of hydrogen-bond acceptors (Lipinski definition) is 4. The molecule has 2 aromatic rings. The number of benzene rings is 1. The summed E-state index contributed by atoms with van der Waals surface area (Å²) in [5, 5.41) is 0.501. The maximum Gasteiger partial charge on any atom is 0.343 e. The van der Waals surface area contributed by atoms with Gasteiger partial charge in [0.2, 0.25) is 0 Å². The normalized spacial score (nSPS) is 11.7. The van der Waals surface area contributed by atoms with E-state index in [0.29, 0.717) is 10.1 Å². The van der Waals surface area contributed by atoms with Crippen LogP contribution in [0, 0.1) is 0 Å². The van der Waals surface area contributed by atoms with Gasteiger partial charge in [-0.05, 0) is 32.9 Å². The maximum absolute atomic E-state index is 12.1. The summed E-state index contributed by atoms with van der Waals surface area (Å²) < 4.78 is 1.52. The predicted octanol–water partition coefficient (Wildman–Crippen LogP) is 1.65. The van der Waals surface area contributed by atoms with Crippen molar-refractivity contribution in [1.82, 2.24) is 4.73 Å². The van der Waals surface area contributed by atoms with Crippen LogP contribution < -0.4 is 15.3 Å². The molecule has 0 N–H and O–H groups in total. The van der Waals surface area contributed by atoms with Crippen LogP contribution in [-0.2, 0) is 0 Å². The molecule has 0 aliphatic heterocycles. The van der Waals surface area contributed by atoms with E-state index in [1.54, 1.807) is 45.0 Å². The Bertz CT molecular complexity index is 664. The highest BCUT2D eigenvalue weighted by Gasteiger charge is 2.16. The molecule has 0 fully saturated rings. The monoisotopic (exact) mass is 251 g/mol. The summed E-state index contributed by atoms with van der Waals surface area (Å²) in [6.45, 7) is 5.37. The summed E-state index contributed by atoms with van der Waals surface area (Å²) >= 11 is 1.01. The van der Waals surface area contributed by atoms with Crippen molar-refractivity contribution in [1.29, 1.82) is 0 Å². The highest BCUT2D eigenvalue weighted by molar-refractivity contribution is 7.16. The van der Waals surface area contributed by atoms with Crippen LogP contribution in [0.4, 0.5) is 0 Å². The molecule has 2 rings (SSSR count). The van der Waals surface area contributed by atoms with Gasteiger partial charge in [-0.2, -0.15) is 0 Å². The van der Waals surface area contributed by atoms with Gasteiger partial charge in [0, 0.05) is 4.70 Å². The molecular weight excluding hydrogens is 238 g/mol. The Morgan fingerprint density at radius 2 is 1.82 bits per heavy atom. The fraction of sp³-hybridized carbons (Fsp3) is 0.333. The van der Waals surface area contributed by atoms with E-state index in [1.165, 1.54) is 0 Å². The fourth-order valence-corrected chi connectivity index (χ4v) is 2.22. The first-order valence-corrected chi connectivity index (χ1v) is 6.04. The van der Waals surface area contributed by atoms with Crippen LogP contribution in [0.2, 0.25) is 0 Å². The number of aromatic nitrogens is 1. The van der Waals surface area contributed by atoms with Gasteiger partial charge in [0.25, 0.3) is 5.56 Å². The number of hydrogen-bond donors (Lipinski definition) is 0. The van der Waals surface area contributed by atoms with Crippen molar-refractivity contribution in [3.8, 4) is 0 Å². The second-order valence-corrected chi connectivity index (χ2v) is 5.66. The molecule has 1 aromatic heterocycles. The largest absolute Gasteiger partial charge is 0.401 e. The smallest absolute Gasteiger partial charge is 0.343 e. The lowest BCUT2D eigenvalue weighted by atomic mass is 10.2. The van der Waals surface area contributed by atoms with Crippen molar-refractivity contribution in [2.24, 2.45) is 0 Å². The second-order valence-electron chi connectivity index (χ2n) is 4.67. The molecule has 0 amide bonds. The summed E-state index contributed by atoms with van der Waals surface area (Å²) in [5.74, 6) is 0. The Balaban J connectivity index is 2.73. The molecule has 17 heavy (non-hydrogen) atoms. The fourth-order valence-electron chi connectivity index (χ4n) is 1.41. The molecule has 0 bridgehead atoms. The summed E-state index contributed by atoms with van der Waals surface area (Å²) in [5.41, 5.74) is -0.989. The molecule has 1 heterocycles. The third-order valence-corrected chi connectivity index (χ3v) is 2.95. The first-order chi connectivity index (χ1) is 7.88. The zero-order chi connectivity index (χ0) is 12.6. The summed E-state index contributed by atoms with van der Waals surface area (Å²) in [6.07, 6.45) is 0. The minimum Gasteiger partial charge on any atom is -0.401 e. The standard InChI is InChI=1S/C12H13NO3S/c1-12(2,3)16-13-10(14)8-6-4-5-7-9(8)17-11(13)15/h4-7H,1-3H3. The molecule has 0 spiro atoms. The van der Waals surface area contributed by atoms with Crippen LogP contribution in [0.3, 0.4) is 0 Å². The van der Waals surface area contributed by atoms with Crippen LogP contribution in [0.15, 0.2) is 33.9 Å². The molecule has 0 atom stereocenters.